The third-order valence-electron chi connectivity index (χ3n) is 1.91. The summed E-state index contributed by atoms with van der Waals surface area (Å²) >= 11 is 0. The fourth-order valence-corrected chi connectivity index (χ4v) is 1.27. The minimum Gasteiger partial charge on any atom is -0.465 e. The molecule has 0 aliphatic heterocycles. The number of amides is 1. The molecule has 1 atom stereocenters. The highest BCUT2D eigenvalue weighted by Gasteiger charge is 2.04. The van der Waals surface area contributed by atoms with Crippen molar-refractivity contribution in [3.8, 4) is 0 Å². The first kappa shape index (κ1) is 11.5. The molecular formula is C10H14N2O3. The van der Waals surface area contributed by atoms with Crippen LogP contribution in [0, 0.1) is 0 Å². The van der Waals surface area contributed by atoms with Gasteiger partial charge in [0.1, 0.15) is 0 Å². The van der Waals surface area contributed by atoms with Crippen molar-refractivity contribution in [2.75, 3.05) is 11.9 Å². The SMILES string of the molecule is NC(CO)Cc1cccc(NC(=O)O)c1. The van der Waals surface area contributed by atoms with Gasteiger partial charge in [0.2, 0.25) is 0 Å². The number of carbonyl (C=O) groups is 1. The van der Waals surface area contributed by atoms with Crippen molar-refractivity contribution in [2.45, 2.75) is 12.5 Å². The van der Waals surface area contributed by atoms with E-state index >= 15 is 0 Å². The third-order valence-corrected chi connectivity index (χ3v) is 1.91. The zero-order chi connectivity index (χ0) is 11.3. The number of benzene rings is 1. The highest BCUT2D eigenvalue weighted by atomic mass is 16.4. The second-order valence-electron chi connectivity index (χ2n) is 3.28. The van der Waals surface area contributed by atoms with E-state index < -0.39 is 6.09 Å². The van der Waals surface area contributed by atoms with Gasteiger partial charge in [0, 0.05) is 11.7 Å². The zero-order valence-corrected chi connectivity index (χ0v) is 8.18. The quantitative estimate of drug-likeness (QED) is 0.586. The number of rotatable bonds is 4. The van der Waals surface area contributed by atoms with Crippen molar-refractivity contribution >= 4 is 11.8 Å². The molecule has 1 rings (SSSR count). The van der Waals surface area contributed by atoms with E-state index in [1.807, 2.05) is 6.07 Å². The molecule has 0 saturated carbocycles. The highest BCUT2D eigenvalue weighted by Crippen LogP contribution is 2.11. The van der Waals surface area contributed by atoms with Crippen LogP contribution in [-0.2, 0) is 6.42 Å². The monoisotopic (exact) mass is 210 g/mol. The number of aliphatic hydroxyl groups is 1. The third kappa shape index (κ3) is 3.97. The molecule has 82 valence electrons. The number of aliphatic hydroxyl groups excluding tert-OH is 1. The Balaban J connectivity index is 2.69. The summed E-state index contributed by atoms with van der Waals surface area (Å²) < 4.78 is 0. The molecule has 0 radical (unpaired) electrons. The Hall–Kier alpha value is -1.59. The van der Waals surface area contributed by atoms with Gasteiger partial charge in [0.25, 0.3) is 0 Å². The van der Waals surface area contributed by atoms with Crippen LogP contribution in [0.15, 0.2) is 24.3 Å². The first-order valence-electron chi connectivity index (χ1n) is 4.57. The van der Waals surface area contributed by atoms with Crippen LogP contribution in [0.4, 0.5) is 10.5 Å². The van der Waals surface area contributed by atoms with Crippen molar-refractivity contribution in [2.24, 2.45) is 5.73 Å². The Morgan fingerprint density at radius 3 is 2.87 bits per heavy atom. The van der Waals surface area contributed by atoms with Crippen LogP contribution in [0.1, 0.15) is 5.56 Å². The molecule has 1 aromatic carbocycles. The lowest BCUT2D eigenvalue weighted by Crippen LogP contribution is -2.26. The average molecular weight is 210 g/mol. The molecule has 5 nitrogen and oxygen atoms in total. The standard InChI is InChI=1S/C10H14N2O3/c11-8(6-13)4-7-2-1-3-9(5-7)12-10(14)15/h1-3,5,8,12-13H,4,6,11H2,(H,14,15). The maximum Gasteiger partial charge on any atom is 0.409 e. The van der Waals surface area contributed by atoms with Crippen LogP contribution in [0.2, 0.25) is 0 Å². The van der Waals surface area contributed by atoms with E-state index in [1.54, 1.807) is 18.2 Å². The first-order chi connectivity index (χ1) is 7.11. The maximum absolute atomic E-state index is 10.4. The van der Waals surface area contributed by atoms with Gasteiger partial charge in [-0.15, -0.1) is 0 Å². The molecule has 15 heavy (non-hydrogen) atoms. The highest BCUT2D eigenvalue weighted by molar-refractivity contribution is 5.82. The summed E-state index contributed by atoms with van der Waals surface area (Å²) in [6.07, 6.45) is -0.579. The van der Waals surface area contributed by atoms with Crippen LogP contribution in [0.3, 0.4) is 0 Å². The molecule has 0 bridgehead atoms. The largest absolute Gasteiger partial charge is 0.465 e. The molecule has 1 aromatic rings. The Bertz CT molecular complexity index is 341. The van der Waals surface area contributed by atoms with Crippen LogP contribution in [0.25, 0.3) is 0 Å². The van der Waals surface area contributed by atoms with Gasteiger partial charge in [-0.1, -0.05) is 12.1 Å². The van der Waals surface area contributed by atoms with Crippen LogP contribution in [-0.4, -0.2) is 29.0 Å². The normalized spacial score (nSPS) is 12.1. The molecule has 5 heteroatoms. The van der Waals surface area contributed by atoms with E-state index in [2.05, 4.69) is 5.32 Å². The molecular weight excluding hydrogens is 196 g/mol. The van der Waals surface area contributed by atoms with Crippen molar-refractivity contribution in [3.63, 3.8) is 0 Å². The lowest BCUT2D eigenvalue weighted by Gasteiger charge is -2.09. The smallest absolute Gasteiger partial charge is 0.409 e. The number of carboxylic acid groups (broad SMARTS) is 1. The van der Waals surface area contributed by atoms with Gasteiger partial charge in [-0.3, -0.25) is 5.32 Å². The fraction of sp³-hybridized carbons (Fsp3) is 0.300. The average Bonchev–Trinajstić information content (AvgIpc) is 2.17. The van der Waals surface area contributed by atoms with Gasteiger partial charge in [0.05, 0.1) is 6.61 Å². The first-order valence-corrected chi connectivity index (χ1v) is 4.57. The number of hydrogen-bond donors (Lipinski definition) is 4. The molecule has 0 aromatic heterocycles. The molecule has 0 spiro atoms. The number of hydrogen-bond acceptors (Lipinski definition) is 3. The molecule has 0 aliphatic carbocycles. The molecule has 1 unspecified atom stereocenters. The van der Waals surface area contributed by atoms with E-state index in [-0.39, 0.29) is 12.6 Å². The lowest BCUT2D eigenvalue weighted by molar-refractivity contribution is 0.209. The Morgan fingerprint density at radius 2 is 2.27 bits per heavy atom. The van der Waals surface area contributed by atoms with E-state index in [4.69, 9.17) is 15.9 Å². The summed E-state index contributed by atoms with van der Waals surface area (Å²) in [5.74, 6) is 0. The molecule has 0 heterocycles. The second-order valence-corrected chi connectivity index (χ2v) is 3.28. The lowest BCUT2D eigenvalue weighted by atomic mass is 10.1. The van der Waals surface area contributed by atoms with Crippen molar-refractivity contribution in [1.82, 2.24) is 0 Å². The van der Waals surface area contributed by atoms with Gasteiger partial charge < -0.3 is 15.9 Å². The summed E-state index contributed by atoms with van der Waals surface area (Å²) in [6.45, 7) is -0.0867. The molecule has 5 N–H and O–H groups in total. The summed E-state index contributed by atoms with van der Waals surface area (Å²) in [6, 6.07) is 6.61. The summed E-state index contributed by atoms with van der Waals surface area (Å²) in [4.78, 5) is 10.4. The Morgan fingerprint density at radius 1 is 1.53 bits per heavy atom. The summed E-state index contributed by atoms with van der Waals surface area (Å²) in [5, 5.41) is 19.5. The zero-order valence-electron chi connectivity index (χ0n) is 8.18. The van der Waals surface area contributed by atoms with Crippen LogP contribution in [0.5, 0.6) is 0 Å². The number of nitrogens with one attached hydrogen (secondary N) is 1. The maximum atomic E-state index is 10.4. The topological polar surface area (TPSA) is 95.6 Å². The molecule has 0 fully saturated rings. The summed E-state index contributed by atoms with van der Waals surface area (Å²) in [7, 11) is 0. The van der Waals surface area contributed by atoms with Gasteiger partial charge in [-0.2, -0.15) is 0 Å². The van der Waals surface area contributed by atoms with Gasteiger partial charge in [-0.25, -0.2) is 4.79 Å². The van der Waals surface area contributed by atoms with E-state index in [1.165, 1.54) is 0 Å². The van der Waals surface area contributed by atoms with Crippen molar-refractivity contribution in [1.29, 1.82) is 0 Å². The second kappa shape index (κ2) is 5.33. The molecule has 0 saturated heterocycles. The Kier molecular flexibility index (Phi) is 4.08. The van der Waals surface area contributed by atoms with E-state index in [9.17, 15) is 4.79 Å². The van der Waals surface area contributed by atoms with Crippen molar-refractivity contribution < 1.29 is 15.0 Å². The van der Waals surface area contributed by atoms with E-state index in [0.29, 0.717) is 12.1 Å². The van der Waals surface area contributed by atoms with Gasteiger partial charge in [0.15, 0.2) is 0 Å². The van der Waals surface area contributed by atoms with Gasteiger partial charge >= 0.3 is 6.09 Å². The number of anilines is 1. The number of nitrogens with two attached hydrogens (primary N) is 1. The van der Waals surface area contributed by atoms with E-state index in [0.717, 1.165) is 5.56 Å². The van der Waals surface area contributed by atoms with Crippen LogP contribution >= 0.6 is 0 Å². The minimum absolute atomic E-state index is 0.0867. The summed E-state index contributed by atoms with van der Waals surface area (Å²) in [5.41, 5.74) is 6.97. The predicted octanol–water partition coefficient (Wildman–Crippen LogP) is 0.639. The van der Waals surface area contributed by atoms with Crippen molar-refractivity contribution in [3.05, 3.63) is 29.8 Å². The van der Waals surface area contributed by atoms with Crippen LogP contribution < -0.4 is 11.1 Å². The fourth-order valence-electron chi connectivity index (χ4n) is 1.27. The molecule has 0 aliphatic rings. The molecule has 1 amide bonds. The Labute approximate surface area is 87.5 Å². The van der Waals surface area contributed by atoms with Gasteiger partial charge in [-0.05, 0) is 24.1 Å². The predicted molar refractivity (Wildman–Crippen MR) is 56.9 cm³/mol. The minimum atomic E-state index is -1.10.